The quantitative estimate of drug-likeness (QED) is 0.853. The van der Waals surface area contributed by atoms with Crippen LogP contribution in [-0.4, -0.2) is 38.1 Å². The van der Waals surface area contributed by atoms with Crippen molar-refractivity contribution in [2.45, 2.75) is 18.6 Å². The highest BCUT2D eigenvalue weighted by molar-refractivity contribution is 7.91. The molecule has 7 heteroatoms. The van der Waals surface area contributed by atoms with Gasteiger partial charge in [0.2, 0.25) is 5.91 Å². The van der Waals surface area contributed by atoms with E-state index in [0.717, 1.165) is 25.0 Å². The second-order valence-electron chi connectivity index (χ2n) is 4.86. The van der Waals surface area contributed by atoms with E-state index >= 15 is 0 Å². The largest absolute Gasteiger partial charge is 0.342 e. The van der Waals surface area contributed by atoms with Crippen molar-refractivity contribution in [1.82, 2.24) is 4.90 Å². The van der Waals surface area contributed by atoms with Crippen LogP contribution in [-0.2, 0) is 20.4 Å². The molecule has 0 bridgehead atoms. The number of nitrogens with zero attached hydrogens (tertiary/aromatic N) is 1. The molecule has 0 atom stereocenters. The number of hydrogen-bond acceptors (Lipinski definition) is 3. The van der Waals surface area contributed by atoms with Crippen LogP contribution < -0.4 is 0 Å². The van der Waals surface area contributed by atoms with Gasteiger partial charge in [-0.25, -0.2) is 12.8 Å². The highest BCUT2D eigenvalue weighted by atomic mass is 35.5. The zero-order chi connectivity index (χ0) is 14.8. The Morgan fingerprint density at radius 1 is 1.30 bits per heavy atom. The number of likely N-dealkylation sites (tertiary alicyclic amines) is 1. The molecule has 2 rings (SSSR count). The van der Waals surface area contributed by atoms with Crippen molar-refractivity contribution in [2.24, 2.45) is 0 Å². The van der Waals surface area contributed by atoms with Gasteiger partial charge in [0.15, 0.2) is 9.84 Å². The van der Waals surface area contributed by atoms with Crippen LogP contribution in [0.2, 0.25) is 5.02 Å². The first-order chi connectivity index (χ1) is 9.37. The third-order valence-corrected chi connectivity index (χ3v) is 4.98. The fourth-order valence-electron chi connectivity index (χ4n) is 2.17. The van der Waals surface area contributed by atoms with Crippen molar-refractivity contribution in [2.75, 3.05) is 18.8 Å². The summed E-state index contributed by atoms with van der Waals surface area (Å²) in [6.45, 7) is 1.23. The van der Waals surface area contributed by atoms with E-state index in [-0.39, 0.29) is 16.7 Å². The highest BCUT2D eigenvalue weighted by Crippen LogP contribution is 2.20. The number of hydrogen-bond donors (Lipinski definition) is 0. The Bertz CT molecular complexity index is 612. The van der Waals surface area contributed by atoms with Crippen molar-refractivity contribution in [3.8, 4) is 0 Å². The van der Waals surface area contributed by atoms with Gasteiger partial charge < -0.3 is 4.90 Å². The third kappa shape index (κ3) is 3.93. The van der Waals surface area contributed by atoms with E-state index in [0.29, 0.717) is 18.7 Å². The molecule has 0 radical (unpaired) electrons. The lowest BCUT2D eigenvalue weighted by Crippen LogP contribution is -2.33. The van der Waals surface area contributed by atoms with Gasteiger partial charge in [-0.3, -0.25) is 4.79 Å². The summed E-state index contributed by atoms with van der Waals surface area (Å²) in [7, 11) is -3.60. The van der Waals surface area contributed by atoms with Crippen molar-refractivity contribution >= 4 is 27.3 Å². The zero-order valence-electron chi connectivity index (χ0n) is 10.8. The van der Waals surface area contributed by atoms with Gasteiger partial charge in [-0.15, -0.1) is 0 Å². The summed E-state index contributed by atoms with van der Waals surface area (Å²) < 4.78 is 36.9. The van der Waals surface area contributed by atoms with E-state index in [4.69, 9.17) is 11.6 Å². The Morgan fingerprint density at radius 3 is 2.55 bits per heavy atom. The van der Waals surface area contributed by atoms with Gasteiger partial charge in [0, 0.05) is 18.1 Å². The monoisotopic (exact) mass is 319 g/mol. The molecule has 110 valence electrons. The van der Waals surface area contributed by atoms with E-state index in [1.54, 1.807) is 4.90 Å². The molecular formula is C13H15ClFNO3S. The average Bonchev–Trinajstić information content (AvgIpc) is 2.86. The van der Waals surface area contributed by atoms with Crippen molar-refractivity contribution in [3.63, 3.8) is 0 Å². The summed E-state index contributed by atoms with van der Waals surface area (Å²) in [5.74, 6) is -1.78. The fourth-order valence-corrected chi connectivity index (χ4v) is 3.87. The summed E-state index contributed by atoms with van der Waals surface area (Å²) in [6, 6.07) is 3.54. The molecule has 1 saturated heterocycles. The minimum Gasteiger partial charge on any atom is -0.342 e. The van der Waals surface area contributed by atoms with Crippen molar-refractivity contribution in [3.05, 3.63) is 34.6 Å². The standard InChI is InChI=1S/C13H15ClFNO3S/c14-12-7-11(15)4-3-10(12)8-20(18,19)9-13(17)16-5-1-2-6-16/h3-4,7H,1-2,5-6,8-9H2. The van der Waals surface area contributed by atoms with Crippen LogP contribution in [0.1, 0.15) is 18.4 Å². The van der Waals surface area contributed by atoms with Crippen LogP contribution >= 0.6 is 11.6 Å². The molecular weight excluding hydrogens is 305 g/mol. The maximum atomic E-state index is 12.9. The van der Waals surface area contributed by atoms with Gasteiger partial charge in [-0.1, -0.05) is 17.7 Å². The van der Waals surface area contributed by atoms with E-state index < -0.39 is 21.4 Å². The summed E-state index contributed by atoms with van der Waals surface area (Å²) >= 11 is 5.80. The zero-order valence-corrected chi connectivity index (χ0v) is 12.4. The van der Waals surface area contributed by atoms with E-state index in [1.165, 1.54) is 6.07 Å². The Kier molecular flexibility index (Phi) is 4.65. The molecule has 1 aromatic rings. The number of rotatable bonds is 4. The Labute approximate surface area is 122 Å². The number of sulfone groups is 1. The van der Waals surface area contributed by atoms with Gasteiger partial charge in [-0.2, -0.15) is 0 Å². The molecule has 0 N–H and O–H groups in total. The minimum atomic E-state index is -3.60. The summed E-state index contributed by atoms with van der Waals surface area (Å²) in [5, 5.41) is 0.0576. The summed E-state index contributed by atoms with van der Waals surface area (Å²) in [4.78, 5) is 13.4. The Hall–Kier alpha value is -1.14. The number of benzene rings is 1. The molecule has 1 heterocycles. The lowest BCUT2D eigenvalue weighted by Gasteiger charge is -2.15. The first-order valence-electron chi connectivity index (χ1n) is 6.29. The highest BCUT2D eigenvalue weighted by Gasteiger charge is 2.24. The Morgan fingerprint density at radius 2 is 1.95 bits per heavy atom. The summed E-state index contributed by atoms with van der Waals surface area (Å²) in [5.41, 5.74) is 0.308. The van der Waals surface area contributed by atoms with Crippen LogP contribution in [0.25, 0.3) is 0 Å². The van der Waals surface area contributed by atoms with Crippen molar-refractivity contribution < 1.29 is 17.6 Å². The molecule has 1 aliphatic rings. The van der Waals surface area contributed by atoms with Crippen LogP contribution in [0.5, 0.6) is 0 Å². The lowest BCUT2D eigenvalue weighted by molar-refractivity contribution is -0.127. The first-order valence-corrected chi connectivity index (χ1v) is 8.49. The van der Waals surface area contributed by atoms with E-state index in [9.17, 15) is 17.6 Å². The maximum Gasteiger partial charge on any atom is 0.237 e. The molecule has 0 aromatic heterocycles. The topological polar surface area (TPSA) is 54.5 Å². The van der Waals surface area contributed by atoms with Gasteiger partial charge >= 0.3 is 0 Å². The number of amides is 1. The molecule has 1 aliphatic heterocycles. The molecule has 1 amide bonds. The Balaban J connectivity index is 2.05. The third-order valence-electron chi connectivity index (χ3n) is 3.19. The van der Waals surface area contributed by atoms with Crippen LogP contribution in [0.4, 0.5) is 4.39 Å². The molecule has 1 fully saturated rings. The molecule has 0 aliphatic carbocycles. The molecule has 20 heavy (non-hydrogen) atoms. The van der Waals surface area contributed by atoms with Crippen molar-refractivity contribution in [1.29, 1.82) is 0 Å². The predicted octanol–water partition coefficient (Wildman–Crippen LogP) is 2.02. The predicted molar refractivity (Wildman–Crippen MR) is 74.7 cm³/mol. The van der Waals surface area contributed by atoms with Gasteiger partial charge in [0.05, 0.1) is 5.75 Å². The molecule has 0 saturated carbocycles. The normalized spacial score (nSPS) is 15.6. The number of halogens is 2. The minimum absolute atomic E-state index is 0.0576. The fraction of sp³-hybridized carbons (Fsp3) is 0.462. The smallest absolute Gasteiger partial charge is 0.237 e. The first kappa shape index (κ1) is 15.3. The van der Waals surface area contributed by atoms with Gasteiger partial charge in [-0.05, 0) is 30.5 Å². The second-order valence-corrected chi connectivity index (χ2v) is 7.33. The van der Waals surface area contributed by atoms with Gasteiger partial charge in [0.25, 0.3) is 0 Å². The molecule has 0 unspecified atom stereocenters. The van der Waals surface area contributed by atoms with E-state index in [2.05, 4.69) is 0 Å². The SMILES string of the molecule is O=C(CS(=O)(=O)Cc1ccc(F)cc1Cl)N1CCCC1. The van der Waals surface area contributed by atoms with Crippen LogP contribution in [0.15, 0.2) is 18.2 Å². The van der Waals surface area contributed by atoms with Gasteiger partial charge in [0.1, 0.15) is 11.6 Å². The molecule has 0 spiro atoms. The van der Waals surface area contributed by atoms with E-state index in [1.807, 2.05) is 0 Å². The van der Waals surface area contributed by atoms with Crippen LogP contribution in [0.3, 0.4) is 0 Å². The lowest BCUT2D eigenvalue weighted by atomic mass is 10.2. The number of carbonyl (C=O) groups excluding carboxylic acids is 1. The second kappa shape index (κ2) is 6.10. The average molecular weight is 320 g/mol. The number of carbonyl (C=O) groups is 1. The summed E-state index contributed by atoms with van der Waals surface area (Å²) in [6.07, 6.45) is 1.82. The molecule has 4 nitrogen and oxygen atoms in total. The van der Waals surface area contributed by atoms with Crippen LogP contribution in [0, 0.1) is 5.82 Å². The molecule has 1 aromatic carbocycles. The maximum absolute atomic E-state index is 12.9.